The number of rotatable bonds is 2. The Morgan fingerprint density at radius 3 is 1.55 bits per heavy atom. The highest BCUT2D eigenvalue weighted by molar-refractivity contribution is 6.62. The third-order valence-corrected chi connectivity index (χ3v) is 7.96. The zero-order valence-corrected chi connectivity index (χ0v) is 21.1. The normalized spacial score (nSPS) is 23.8. The molecule has 2 saturated heterocycles. The van der Waals surface area contributed by atoms with Gasteiger partial charge in [-0.3, -0.25) is 0 Å². The molecule has 8 heteroatoms. The van der Waals surface area contributed by atoms with Gasteiger partial charge in [0.25, 0.3) is 0 Å². The summed E-state index contributed by atoms with van der Waals surface area (Å²) in [6.45, 7) is 16.5. The fourth-order valence-electron chi connectivity index (χ4n) is 4.27. The smallest absolute Gasteiger partial charge is 0.453 e. The Kier molecular flexibility index (Phi) is 4.84. The van der Waals surface area contributed by atoms with E-state index in [1.165, 1.54) is 0 Å². The summed E-state index contributed by atoms with van der Waals surface area (Å²) in [5.74, 6) is 1.57. The minimum Gasteiger partial charge on any atom is -0.453 e. The van der Waals surface area contributed by atoms with Crippen LogP contribution in [0.5, 0.6) is 11.5 Å². The molecule has 174 valence electrons. The van der Waals surface area contributed by atoms with Crippen LogP contribution in [0.25, 0.3) is 0 Å². The Morgan fingerprint density at radius 2 is 1.03 bits per heavy atom. The molecule has 3 heterocycles. The van der Waals surface area contributed by atoms with E-state index in [0.29, 0.717) is 0 Å². The van der Waals surface area contributed by atoms with E-state index in [0.717, 1.165) is 33.8 Å². The number of nitrogens with zero attached hydrogens (tertiary/aromatic N) is 1. The van der Waals surface area contributed by atoms with Crippen molar-refractivity contribution < 1.29 is 23.4 Å². The van der Waals surface area contributed by atoms with Crippen molar-refractivity contribution in [3.8, 4) is 11.5 Å². The molecule has 0 aliphatic carbocycles. The van der Waals surface area contributed by atoms with Crippen LogP contribution < -0.4 is 20.6 Å². The Morgan fingerprint density at radius 1 is 0.576 bits per heavy atom. The highest BCUT2D eigenvalue weighted by Gasteiger charge is 2.53. The number of anilines is 2. The first-order valence-electron chi connectivity index (χ1n) is 11.6. The summed E-state index contributed by atoms with van der Waals surface area (Å²) in [4.78, 5) is 2.14. The summed E-state index contributed by atoms with van der Waals surface area (Å²) in [6.07, 6.45) is 0. The van der Waals surface area contributed by atoms with Crippen LogP contribution in [0.4, 0.5) is 11.4 Å². The lowest BCUT2D eigenvalue weighted by molar-refractivity contribution is 0.00578. The second-order valence-corrected chi connectivity index (χ2v) is 11.3. The third kappa shape index (κ3) is 3.50. The van der Waals surface area contributed by atoms with Crippen LogP contribution in [-0.2, 0) is 18.6 Å². The molecule has 5 rings (SSSR count). The zero-order valence-electron chi connectivity index (χ0n) is 21.1. The van der Waals surface area contributed by atoms with Crippen LogP contribution in [0.3, 0.4) is 0 Å². The summed E-state index contributed by atoms with van der Waals surface area (Å²) in [5.41, 5.74) is 2.33. The summed E-state index contributed by atoms with van der Waals surface area (Å²) in [7, 11) is 1.20. The largest absolute Gasteiger partial charge is 0.494 e. The van der Waals surface area contributed by atoms with Crippen molar-refractivity contribution in [3.63, 3.8) is 0 Å². The summed E-state index contributed by atoms with van der Waals surface area (Å²) < 4.78 is 31.3. The van der Waals surface area contributed by atoms with E-state index >= 15 is 0 Å². The molecule has 2 fully saturated rings. The van der Waals surface area contributed by atoms with Gasteiger partial charge in [-0.05, 0) is 90.6 Å². The van der Waals surface area contributed by atoms with Gasteiger partial charge in [0, 0.05) is 7.05 Å². The van der Waals surface area contributed by atoms with Crippen molar-refractivity contribution in [2.75, 3.05) is 11.9 Å². The fraction of sp³-hybridized carbons (Fsp3) is 0.520. The van der Waals surface area contributed by atoms with Gasteiger partial charge in [-0.2, -0.15) is 0 Å². The van der Waals surface area contributed by atoms with Gasteiger partial charge in [-0.1, -0.05) is 12.1 Å². The highest BCUT2D eigenvalue weighted by Crippen LogP contribution is 2.46. The van der Waals surface area contributed by atoms with Gasteiger partial charge in [0.15, 0.2) is 11.5 Å². The van der Waals surface area contributed by atoms with Crippen molar-refractivity contribution in [2.45, 2.75) is 77.8 Å². The van der Waals surface area contributed by atoms with E-state index in [1.54, 1.807) is 0 Å². The molecule has 0 amide bonds. The van der Waals surface area contributed by atoms with Crippen molar-refractivity contribution in [1.82, 2.24) is 0 Å². The minimum atomic E-state index is -0.429. The van der Waals surface area contributed by atoms with E-state index in [2.05, 4.69) is 72.4 Å². The molecular formula is C25H33B2NO5. The molecule has 6 nitrogen and oxygen atoms in total. The summed E-state index contributed by atoms with van der Waals surface area (Å²) in [6, 6.07) is 12.2. The summed E-state index contributed by atoms with van der Waals surface area (Å²) in [5, 5.41) is 0. The van der Waals surface area contributed by atoms with E-state index in [1.807, 2.05) is 31.3 Å². The van der Waals surface area contributed by atoms with E-state index in [-0.39, 0.29) is 22.4 Å². The maximum atomic E-state index is 6.32. The predicted octanol–water partition coefficient (Wildman–Crippen LogP) is 4.16. The third-order valence-electron chi connectivity index (χ3n) is 7.96. The average molecular weight is 449 g/mol. The van der Waals surface area contributed by atoms with Gasteiger partial charge in [0.1, 0.15) is 0 Å². The number of hydrogen-bond acceptors (Lipinski definition) is 6. The maximum Gasteiger partial charge on any atom is 0.494 e. The van der Waals surface area contributed by atoms with E-state index < -0.39 is 14.2 Å². The standard InChI is InChI=1S/C25H33B2NO5/c1-22(2)23(3,4)31-26(30-22)16-11-13-20-19(14-16)28(9)18-12-10-17(15-21(18)29-20)27-32-24(5,6)25(7,8)33-27/h10-15H,1-9H3. The molecule has 33 heavy (non-hydrogen) atoms. The van der Waals surface area contributed by atoms with Crippen LogP contribution in [0.2, 0.25) is 0 Å². The molecule has 3 aliphatic heterocycles. The molecular weight excluding hydrogens is 416 g/mol. The van der Waals surface area contributed by atoms with Crippen LogP contribution in [0.1, 0.15) is 55.4 Å². The van der Waals surface area contributed by atoms with E-state index in [9.17, 15) is 0 Å². The Bertz CT molecular complexity index is 1080. The number of hydrogen-bond donors (Lipinski definition) is 0. The van der Waals surface area contributed by atoms with Crippen LogP contribution in [-0.4, -0.2) is 43.7 Å². The molecule has 0 atom stereocenters. The molecule has 0 N–H and O–H groups in total. The van der Waals surface area contributed by atoms with Gasteiger partial charge in [-0.25, -0.2) is 0 Å². The van der Waals surface area contributed by atoms with Gasteiger partial charge in [-0.15, -0.1) is 0 Å². The van der Waals surface area contributed by atoms with Gasteiger partial charge in [0.05, 0.1) is 33.8 Å². The predicted molar refractivity (Wildman–Crippen MR) is 132 cm³/mol. The second-order valence-electron chi connectivity index (χ2n) is 11.3. The molecule has 0 radical (unpaired) electrons. The van der Waals surface area contributed by atoms with Crippen molar-refractivity contribution in [2.24, 2.45) is 0 Å². The van der Waals surface area contributed by atoms with Gasteiger partial charge in [0.2, 0.25) is 0 Å². The average Bonchev–Trinajstić information content (AvgIpc) is 3.07. The first-order chi connectivity index (χ1) is 15.2. The quantitative estimate of drug-likeness (QED) is 0.643. The topological polar surface area (TPSA) is 49.4 Å². The Hall–Kier alpha value is -1.99. The maximum absolute atomic E-state index is 6.32. The van der Waals surface area contributed by atoms with Crippen molar-refractivity contribution in [3.05, 3.63) is 36.4 Å². The first kappa shape index (κ1) is 22.8. The zero-order chi connectivity index (χ0) is 24.0. The number of ether oxygens (including phenoxy) is 1. The molecule has 0 bridgehead atoms. The lowest BCUT2D eigenvalue weighted by Crippen LogP contribution is -2.41. The molecule has 0 unspecified atom stereocenters. The monoisotopic (exact) mass is 449 g/mol. The Labute approximate surface area is 197 Å². The van der Waals surface area contributed by atoms with Crippen LogP contribution in [0, 0.1) is 0 Å². The van der Waals surface area contributed by atoms with Crippen molar-refractivity contribution >= 4 is 36.5 Å². The molecule has 0 spiro atoms. The molecule has 2 aromatic rings. The molecule has 0 aromatic heterocycles. The fourth-order valence-corrected chi connectivity index (χ4v) is 4.27. The van der Waals surface area contributed by atoms with Crippen LogP contribution in [0.15, 0.2) is 36.4 Å². The lowest BCUT2D eigenvalue weighted by atomic mass is 9.78. The van der Waals surface area contributed by atoms with Crippen LogP contribution >= 0.6 is 0 Å². The number of benzene rings is 2. The SMILES string of the molecule is CN1c2ccc(B3OC(C)(C)C(C)(C)O3)cc2Oc2ccc(B3OC(C)(C)C(C)(C)O3)cc21. The van der Waals surface area contributed by atoms with E-state index in [4.69, 9.17) is 23.4 Å². The molecule has 0 saturated carbocycles. The summed E-state index contributed by atoms with van der Waals surface area (Å²) >= 11 is 0. The second kappa shape index (κ2) is 7.01. The van der Waals surface area contributed by atoms with Gasteiger partial charge < -0.3 is 28.3 Å². The minimum absolute atomic E-state index is 0.382. The van der Waals surface area contributed by atoms with Crippen molar-refractivity contribution in [1.29, 1.82) is 0 Å². The van der Waals surface area contributed by atoms with Gasteiger partial charge >= 0.3 is 14.2 Å². The molecule has 3 aliphatic rings. The Balaban J connectivity index is 1.42. The molecule has 2 aromatic carbocycles. The number of fused-ring (bicyclic) bond motifs is 2. The first-order valence-corrected chi connectivity index (χ1v) is 11.6. The lowest BCUT2D eigenvalue weighted by Gasteiger charge is -2.32. The highest BCUT2D eigenvalue weighted by atomic mass is 16.7.